The zero-order chi connectivity index (χ0) is 9.97. The van der Waals surface area contributed by atoms with Crippen LogP contribution < -0.4 is 22.7 Å². The van der Waals surface area contributed by atoms with Crippen LogP contribution in [0.2, 0.25) is 0 Å². The van der Waals surface area contributed by atoms with Crippen molar-refractivity contribution in [3.63, 3.8) is 0 Å². The van der Waals surface area contributed by atoms with Gasteiger partial charge in [-0.3, -0.25) is 0 Å². The van der Waals surface area contributed by atoms with Crippen molar-refractivity contribution in [3.8, 4) is 5.69 Å². The molecule has 0 radical (unpaired) electrons. The summed E-state index contributed by atoms with van der Waals surface area (Å²) in [5.74, 6) is -0.238. The summed E-state index contributed by atoms with van der Waals surface area (Å²) in [4.78, 5) is 0. The summed E-state index contributed by atoms with van der Waals surface area (Å²) in [6.07, 6.45) is 3.65. The predicted molar refractivity (Wildman–Crippen MR) is 52.3 cm³/mol. The molecule has 1 aromatic heterocycles. The zero-order valence-electron chi connectivity index (χ0n) is 7.90. The standard InChI is InChI=1S/C11H10FN2.ClH/c12-9-3-5-11(6-4-9)14-7-1-2-10(13)8-14;/h1-8H,13H2;1H/q+1;/p-1. The Morgan fingerprint density at radius 1 is 1.07 bits per heavy atom. The van der Waals surface area contributed by atoms with Crippen molar-refractivity contribution in [2.75, 3.05) is 5.73 Å². The molecule has 2 N–H and O–H groups in total. The molecule has 0 amide bonds. The van der Waals surface area contributed by atoms with E-state index in [4.69, 9.17) is 5.73 Å². The Kier molecular flexibility index (Phi) is 3.63. The highest BCUT2D eigenvalue weighted by atomic mass is 35.5. The lowest BCUT2D eigenvalue weighted by Crippen LogP contribution is -3.00. The van der Waals surface area contributed by atoms with Crippen LogP contribution in [0.15, 0.2) is 48.8 Å². The van der Waals surface area contributed by atoms with Gasteiger partial charge in [-0.05, 0) is 18.2 Å². The molecular formula is C11H10ClFN2. The van der Waals surface area contributed by atoms with Crippen LogP contribution in [0.1, 0.15) is 0 Å². The number of benzene rings is 1. The summed E-state index contributed by atoms with van der Waals surface area (Å²) >= 11 is 0. The van der Waals surface area contributed by atoms with Gasteiger partial charge in [0.05, 0.1) is 5.69 Å². The highest BCUT2D eigenvalue weighted by Crippen LogP contribution is 2.03. The van der Waals surface area contributed by atoms with Crippen molar-refractivity contribution >= 4 is 5.69 Å². The SMILES string of the molecule is Nc1ccc[n+](-c2ccc(F)cc2)c1.[Cl-]. The first kappa shape index (κ1) is 11.5. The van der Waals surface area contributed by atoms with Gasteiger partial charge in [0.1, 0.15) is 5.82 Å². The molecule has 0 saturated carbocycles. The molecule has 2 nitrogen and oxygen atoms in total. The molecular weight excluding hydrogens is 215 g/mol. The molecule has 15 heavy (non-hydrogen) atoms. The number of nitrogen functional groups attached to an aromatic ring is 1. The Labute approximate surface area is 93.6 Å². The van der Waals surface area contributed by atoms with E-state index in [0.29, 0.717) is 5.69 Å². The lowest BCUT2D eigenvalue weighted by Gasteiger charge is -1.95. The van der Waals surface area contributed by atoms with Crippen LogP contribution in [0.25, 0.3) is 5.69 Å². The van der Waals surface area contributed by atoms with E-state index < -0.39 is 0 Å². The van der Waals surface area contributed by atoms with Crippen molar-refractivity contribution in [1.82, 2.24) is 0 Å². The summed E-state index contributed by atoms with van der Waals surface area (Å²) < 4.78 is 14.5. The minimum Gasteiger partial charge on any atom is -1.00 e. The lowest BCUT2D eigenvalue weighted by atomic mass is 10.3. The number of nitrogens with zero attached hydrogens (tertiary/aromatic N) is 1. The molecule has 0 fully saturated rings. The van der Waals surface area contributed by atoms with Crippen LogP contribution in [0.4, 0.5) is 10.1 Å². The Morgan fingerprint density at radius 3 is 2.33 bits per heavy atom. The number of halogens is 2. The summed E-state index contributed by atoms with van der Waals surface area (Å²) in [5, 5.41) is 0. The molecule has 2 aromatic rings. The smallest absolute Gasteiger partial charge is 0.210 e. The van der Waals surface area contributed by atoms with Gasteiger partial charge in [0.15, 0.2) is 12.4 Å². The first-order chi connectivity index (χ1) is 6.75. The number of hydrogen-bond acceptors (Lipinski definition) is 1. The number of rotatable bonds is 1. The fourth-order valence-corrected chi connectivity index (χ4v) is 1.27. The molecule has 4 heteroatoms. The third kappa shape index (κ3) is 2.67. The quantitative estimate of drug-likeness (QED) is 0.599. The summed E-state index contributed by atoms with van der Waals surface area (Å²) in [7, 11) is 0. The van der Waals surface area contributed by atoms with E-state index in [-0.39, 0.29) is 18.2 Å². The van der Waals surface area contributed by atoms with E-state index in [1.807, 2.05) is 16.8 Å². The number of pyridine rings is 1. The largest absolute Gasteiger partial charge is 1.00 e. The predicted octanol–water partition coefficient (Wildman–Crippen LogP) is -1.31. The van der Waals surface area contributed by atoms with Gasteiger partial charge in [0.25, 0.3) is 0 Å². The van der Waals surface area contributed by atoms with Crippen molar-refractivity contribution in [3.05, 3.63) is 54.6 Å². The molecule has 78 valence electrons. The van der Waals surface area contributed by atoms with Crippen LogP contribution in [-0.2, 0) is 0 Å². The van der Waals surface area contributed by atoms with Gasteiger partial charge in [0.2, 0.25) is 5.69 Å². The molecule has 0 bridgehead atoms. The van der Waals surface area contributed by atoms with Crippen LogP contribution >= 0.6 is 0 Å². The van der Waals surface area contributed by atoms with Crippen LogP contribution in [0, 0.1) is 5.82 Å². The molecule has 0 aliphatic carbocycles. The van der Waals surface area contributed by atoms with E-state index in [9.17, 15) is 4.39 Å². The van der Waals surface area contributed by atoms with E-state index in [1.54, 1.807) is 24.4 Å². The molecule has 0 aliphatic rings. The fraction of sp³-hybridized carbons (Fsp3) is 0. The summed E-state index contributed by atoms with van der Waals surface area (Å²) in [6.45, 7) is 0. The van der Waals surface area contributed by atoms with Gasteiger partial charge in [-0.25, -0.2) is 4.39 Å². The molecule has 0 spiro atoms. The van der Waals surface area contributed by atoms with Gasteiger partial charge in [0, 0.05) is 18.2 Å². The van der Waals surface area contributed by atoms with Crippen LogP contribution in [0.3, 0.4) is 0 Å². The lowest BCUT2D eigenvalue weighted by molar-refractivity contribution is -0.595. The molecule has 1 aromatic carbocycles. The molecule has 0 saturated heterocycles. The van der Waals surface area contributed by atoms with Crippen LogP contribution in [0.5, 0.6) is 0 Å². The second-order valence-electron chi connectivity index (χ2n) is 3.02. The zero-order valence-corrected chi connectivity index (χ0v) is 8.66. The summed E-state index contributed by atoms with van der Waals surface area (Å²) in [6, 6.07) is 9.90. The Morgan fingerprint density at radius 2 is 1.73 bits per heavy atom. The van der Waals surface area contributed by atoms with Crippen molar-refractivity contribution in [1.29, 1.82) is 0 Å². The number of aromatic nitrogens is 1. The van der Waals surface area contributed by atoms with E-state index in [2.05, 4.69) is 0 Å². The van der Waals surface area contributed by atoms with E-state index in [0.717, 1.165) is 5.69 Å². The van der Waals surface area contributed by atoms with Crippen molar-refractivity contribution in [2.24, 2.45) is 0 Å². The minimum absolute atomic E-state index is 0. The fourth-order valence-electron chi connectivity index (χ4n) is 1.27. The first-order valence-corrected chi connectivity index (χ1v) is 4.28. The van der Waals surface area contributed by atoms with Gasteiger partial charge in [-0.1, -0.05) is 0 Å². The van der Waals surface area contributed by atoms with Crippen molar-refractivity contribution in [2.45, 2.75) is 0 Å². The average Bonchev–Trinajstić information content (AvgIpc) is 2.19. The summed E-state index contributed by atoms with van der Waals surface area (Å²) in [5.41, 5.74) is 7.20. The van der Waals surface area contributed by atoms with Gasteiger partial charge in [-0.2, -0.15) is 4.57 Å². The monoisotopic (exact) mass is 224 g/mol. The highest BCUT2D eigenvalue weighted by Gasteiger charge is 2.04. The normalized spacial score (nSPS) is 9.40. The molecule has 0 unspecified atom stereocenters. The minimum atomic E-state index is -0.238. The van der Waals surface area contributed by atoms with E-state index in [1.165, 1.54) is 12.1 Å². The topological polar surface area (TPSA) is 29.9 Å². The Balaban J connectivity index is 0.00000112. The van der Waals surface area contributed by atoms with Gasteiger partial charge < -0.3 is 18.1 Å². The third-order valence-corrected chi connectivity index (χ3v) is 1.95. The molecule has 0 atom stereocenters. The number of anilines is 1. The van der Waals surface area contributed by atoms with Crippen molar-refractivity contribution < 1.29 is 21.4 Å². The first-order valence-electron chi connectivity index (χ1n) is 4.28. The molecule has 2 rings (SSSR count). The van der Waals surface area contributed by atoms with Crippen LogP contribution in [-0.4, -0.2) is 0 Å². The Hall–Kier alpha value is -1.61. The van der Waals surface area contributed by atoms with Gasteiger partial charge in [-0.15, -0.1) is 0 Å². The van der Waals surface area contributed by atoms with Gasteiger partial charge >= 0.3 is 0 Å². The molecule has 0 aliphatic heterocycles. The second-order valence-corrected chi connectivity index (χ2v) is 3.02. The number of nitrogens with two attached hydrogens (primary N) is 1. The molecule has 1 heterocycles. The third-order valence-electron chi connectivity index (χ3n) is 1.95. The highest BCUT2D eigenvalue weighted by molar-refractivity contribution is 5.32. The average molecular weight is 225 g/mol. The Bertz CT molecular complexity index is 443. The maximum atomic E-state index is 12.6. The second kappa shape index (κ2) is 4.75. The maximum Gasteiger partial charge on any atom is 0.210 e. The maximum absolute atomic E-state index is 12.6. The number of hydrogen-bond donors (Lipinski definition) is 1. The van der Waals surface area contributed by atoms with E-state index >= 15 is 0 Å².